The van der Waals surface area contributed by atoms with E-state index < -0.39 is 18.7 Å². The summed E-state index contributed by atoms with van der Waals surface area (Å²) in [5.41, 5.74) is 2.51. The molecule has 0 saturated heterocycles. The third kappa shape index (κ3) is 4.26. The highest BCUT2D eigenvalue weighted by molar-refractivity contribution is 5.93. The van der Waals surface area contributed by atoms with E-state index in [0.29, 0.717) is 5.69 Å². The van der Waals surface area contributed by atoms with E-state index in [1.54, 1.807) is 18.5 Å². The van der Waals surface area contributed by atoms with E-state index in [2.05, 4.69) is 9.82 Å². The largest absolute Gasteiger partial charge is 0.414 e. The molecular formula is C9H9F3N2O2. The van der Waals surface area contributed by atoms with Crippen molar-refractivity contribution in [2.24, 2.45) is 0 Å². The topological polar surface area (TPSA) is 51.2 Å². The van der Waals surface area contributed by atoms with Crippen LogP contribution in [0.15, 0.2) is 18.3 Å². The molecule has 4 nitrogen and oxygen atoms in total. The lowest BCUT2D eigenvalue weighted by molar-refractivity contribution is -0.184. The number of aryl methyl sites for hydroxylation is 1. The van der Waals surface area contributed by atoms with Crippen molar-refractivity contribution in [3.63, 3.8) is 0 Å². The molecule has 0 spiro atoms. The van der Waals surface area contributed by atoms with Gasteiger partial charge in [-0.15, -0.1) is 0 Å². The van der Waals surface area contributed by atoms with Crippen LogP contribution in [0.1, 0.15) is 16.1 Å². The first-order chi connectivity index (χ1) is 7.38. The molecule has 0 fully saturated rings. The average molecular weight is 234 g/mol. The molecule has 0 unspecified atom stereocenters. The molecule has 0 saturated carbocycles. The van der Waals surface area contributed by atoms with Crippen LogP contribution in [-0.2, 0) is 4.84 Å². The number of pyridine rings is 1. The van der Waals surface area contributed by atoms with Gasteiger partial charge in [-0.25, -0.2) is 5.48 Å². The molecule has 0 bridgehead atoms. The Bertz CT molecular complexity index is 362. The van der Waals surface area contributed by atoms with E-state index in [1.165, 1.54) is 12.3 Å². The fraction of sp³-hybridized carbons (Fsp3) is 0.333. The van der Waals surface area contributed by atoms with Gasteiger partial charge in [0.2, 0.25) is 0 Å². The number of halogens is 3. The number of aromatic nitrogens is 1. The van der Waals surface area contributed by atoms with E-state index >= 15 is 0 Å². The molecule has 7 heteroatoms. The quantitative estimate of drug-likeness (QED) is 0.808. The first-order valence-electron chi connectivity index (χ1n) is 4.30. The highest BCUT2D eigenvalue weighted by Gasteiger charge is 2.28. The van der Waals surface area contributed by atoms with Crippen molar-refractivity contribution in [1.82, 2.24) is 10.5 Å². The lowest BCUT2D eigenvalue weighted by Gasteiger charge is -2.08. The number of nitrogens with one attached hydrogen (secondary N) is 1. The van der Waals surface area contributed by atoms with Crippen LogP contribution in [0.3, 0.4) is 0 Å². The Hall–Kier alpha value is -1.63. The number of hydrogen-bond donors (Lipinski definition) is 1. The zero-order valence-corrected chi connectivity index (χ0v) is 8.34. The number of amides is 1. The summed E-state index contributed by atoms with van der Waals surface area (Å²) in [6, 6.07) is 3.01. The standard InChI is InChI=1S/C9H9F3N2O2/c1-6-2-3-7(4-13-6)8(15)14-16-5-9(10,11)12/h2-4H,5H2,1H3,(H,14,15). The number of carbonyl (C=O) groups is 1. The molecule has 0 atom stereocenters. The molecule has 1 rings (SSSR count). The molecule has 0 aromatic carbocycles. The number of nitrogens with zero attached hydrogens (tertiary/aromatic N) is 1. The monoisotopic (exact) mass is 234 g/mol. The molecular weight excluding hydrogens is 225 g/mol. The molecule has 1 aromatic heterocycles. The van der Waals surface area contributed by atoms with Crippen molar-refractivity contribution < 1.29 is 22.8 Å². The highest BCUT2D eigenvalue weighted by atomic mass is 19.4. The van der Waals surface area contributed by atoms with Gasteiger partial charge in [0.05, 0.1) is 5.56 Å². The molecule has 1 amide bonds. The third-order valence-electron chi connectivity index (χ3n) is 1.57. The minimum absolute atomic E-state index is 0.132. The second kappa shape index (κ2) is 4.93. The van der Waals surface area contributed by atoms with Gasteiger partial charge in [0.15, 0.2) is 6.61 Å². The molecule has 16 heavy (non-hydrogen) atoms. The zero-order valence-electron chi connectivity index (χ0n) is 8.34. The van der Waals surface area contributed by atoms with Crippen LogP contribution in [0.5, 0.6) is 0 Å². The van der Waals surface area contributed by atoms with Crippen LogP contribution >= 0.6 is 0 Å². The van der Waals surface area contributed by atoms with Gasteiger partial charge in [-0.2, -0.15) is 13.2 Å². The Labute approximate surface area is 89.4 Å². The predicted octanol–water partition coefficient (Wildman–Crippen LogP) is 1.61. The van der Waals surface area contributed by atoms with Gasteiger partial charge in [0.25, 0.3) is 5.91 Å². The molecule has 1 N–H and O–H groups in total. The fourth-order valence-electron chi connectivity index (χ4n) is 0.845. The first-order valence-corrected chi connectivity index (χ1v) is 4.30. The summed E-state index contributed by atoms with van der Waals surface area (Å²) in [5, 5.41) is 0. The Morgan fingerprint density at radius 1 is 1.50 bits per heavy atom. The van der Waals surface area contributed by atoms with Crippen molar-refractivity contribution >= 4 is 5.91 Å². The second-order valence-electron chi connectivity index (χ2n) is 3.02. The van der Waals surface area contributed by atoms with Crippen molar-refractivity contribution in [3.05, 3.63) is 29.6 Å². The number of hydrogen-bond acceptors (Lipinski definition) is 3. The minimum Gasteiger partial charge on any atom is -0.267 e. The van der Waals surface area contributed by atoms with Crippen molar-refractivity contribution in [2.45, 2.75) is 13.1 Å². The van der Waals surface area contributed by atoms with Crippen molar-refractivity contribution in [1.29, 1.82) is 0 Å². The summed E-state index contributed by atoms with van der Waals surface area (Å²) < 4.78 is 35.0. The van der Waals surface area contributed by atoms with E-state index in [-0.39, 0.29) is 5.56 Å². The van der Waals surface area contributed by atoms with Crippen LogP contribution < -0.4 is 5.48 Å². The van der Waals surface area contributed by atoms with Gasteiger partial charge < -0.3 is 0 Å². The maximum absolute atomic E-state index is 11.7. The van der Waals surface area contributed by atoms with E-state index in [4.69, 9.17) is 0 Å². The summed E-state index contributed by atoms with van der Waals surface area (Å²) in [5.74, 6) is -0.767. The van der Waals surface area contributed by atoms with Crippen LogP contribution in [-0.4, -0.2) is 23.7 Å². The van der Waals surface area contributed by atoms with E-state index in [1.807, 2.05) is 0 Å². The summed E-state index contributed by atoms with van der Waals surface area (Å²) in [4.78, 5) is 19.0. The summed E-state index contributed by atoms with van der Waals surface area (Å²) >= 11 is 0. The fourth-order valence-corrected chi connectivity index (χ4v) is 0.845. The SMILES string of the molecule is Cc1ccc(C(=O)NOCC(F)(F)F)cn1. The van der Waals surface area contributed by atoms with Gasteiger partial charge in [-0.05, 0) is 19.1 Å². The molecule has 1 heterocycles. The van der Waals surface area contributed by atoms with E-state index in [0.717, 1.165) is 0 Å². The lowest BCUT2D eigenvalue weighted by Crippen LogP contribution is -2.29. The highest BCUT2D eigenvalue weighted by Crippen LogP contribution is 2.13. The first kappa shape index (κ1) is 12.4. The lowest BCUT2D eigenvalue weighted by atomic mass is 10.2. The van der Waals surface area contributed by atoms with Crippen LogP contribution in [0.4, 0.5) is 13.2 Å². The average Bonchev–Trinajstić information content (AvgIpc) is 2.16. The molecule has 0 aliphatic rings. The third-order valence-corrected chi connectivity index (χ3v) is 1.57. The normalized spacial score (nSPS) is 11.2. The van der Waals surface area contributed by atoms with Gasteiger partial charge in [0.1, 0.15) is 0 Å². The Kier molecular flexibility index (Phi) is 3.83. The predicted molar refractivity (Wildman–Crippen MR) is 48.4 cm³/mol. The van der Waals surface area contributed by atoms with Crippen LogP contribution in [0, 0.1) is 6.92 Å². The Morgan fingerprint density at radius 2 is 2.19 bits per heavy atom. The van der Waals surface area contributed by atoms with Gasteiger partial charge in [0, 0.05) is 11.9 Å². The molecule has 1 aromatic rings. The Morgan fingerprint density at radius 3 is 2.69 bits per heavy atom. The van der Waals surface area contributed by atoms with Crippen LogP contribution in [0.2, 0.25) is 0 Å². The smallest absolute Gasteiger partial charge is 0.267 e. The minimum atomic E-state index is -4.47. The molecule has 0 radical (unpaired) electrons. The zero-order chi connectivity index (χ0) is 12.2. The Balaban J connectivity index is 2.44. The van der Waals surface area contributed by atoms with E-state index in [9.17, 15) is 18.0 Å². The maximum atomic E-state index is 11.7. The number of alkyl halides is 3. The molecule has 0 aliphatic carbocycles. The van der Waals surface area contributed by atoms with Crippen molar-refractivity contribution in [2.75, 3.05) is 6.61 Å². The summed E-state index contributed by atoms with van der Waals surface area (Å²) in [6.07, 6.45) is -3.22. The second-order valence-corrected chi connectivity index (χ2v) is 3.02. The molecule has 88 valence electrons. The van der Waals surface area contributed by atoms with Crippen LogP contribution in [0.25, 0.3) is 0 Å². The van der Waals surface area contributed by atoms with Gasteiger partial charge >= 0.3 is 6.18 Å². The van der Waals surface area contributed by atoms with Gasteiger partial charge in [-0.1, -0.05) is 0 Å². The van der Waals surface area contributed by atoms with Crippen molar-refractivity contribution in [3.8, 4) is 0 Å². The maximum Gasteiger partial charge on any atom is 0.414 e. The number of rotatable bonds is 3. The number of hydroxylamine groups is 1. The summed E-state index contributed by atoms with van der Waals surface area (Å²) in [6.45, 7) is 0.194. The summed E-state index contributed by atoms with van der Waals surface area (Å²) in [7, 11) is 0. The number of carbonyl (C=O) groups excluding carboxylic acids is 1. The molecule has 0 aliphatic heterocycles. The van der Waals surface area contributed by atoms with Gasteiger partial charge in [-0.3, -0.25) is 14.6 Å².